The van der Waals surface area contributed by atoms with Gasteiger partial charge in [0.05, 0.1) is 12.2 Å². The Bertz CT molecular complexity index is 559. The molecule has 1 aromatic carbocycles. The molecule has 0 aromatic heterocycles. The first-order valence-corrected chi connectivity index (χ1v) is 8.14. The number of carbonyl (C=O) groups is 1. The minimum absolute atomic E-state index is 0.0520. The summed E-state index contributed by atoms with van der Waals surface area (Å²) in [7, 11) is 0. The fraction of sp³-hybridized carbons (Fsp3) is 0.438. The quantitative estimate of drug-likeness (QED) is 0.842. The lowest BCUT2D eigenvalue weighted by Gasteiger charge is -2.22. The third-order valence-electron chi connectivity index (χ3n) is 3.24. The van der Waals surface area contributed by atoms with Crippen molar-refractivity contribution in [3.8, 4) is 11.8 Å². The van der Waals surface area contributed by atoms with E-state index in [2.05, 4.69) is 17.2 Å². The molecule has 2 N–H and O–H groups in total. The van der Waals surface area contributed by atoms with Crippen molar-refractivity contribution >= 4 is 17.7 Å². The largest absolute Gasteiger partial charge is 0.395 e. The number of hydrogen-bond acceptors (Lipinski definition) is 3. The predicted octanol–water partition coefficient (Wildman–Crippen LogP) is 2.19. The van der Waals surface area contributed by atoms with Gasteiger partial charge in [0.2, 0.25) is 0 Å². The molecule has 3 nitrogen and oxygen atoms in total. The molecule has 1 saturated heterocycles. The van der Waals surface area contributed by atoms with Gasteiger partial charge in [0.25, 0.3) is 5.91 Å². The van der Waals surface area contributed by atoms with Gasteiger partial charge < -0.3 is 10.4 Å². The van der Waals surface area contributed by atoms with E-state index in [-0.39, 0.29) is 18.6 Å². The molecular formula is C16H18FNO2S. The molecule has 1 aliphatic heterocycles. The highest BCUT2D eigenvalue weighted by Crippen LogP contribution is 2.18. The number of aliphatic hydroxyl groups is 1. The lowest BCUT2D eigenvalue weighted by atomic mass is 10.1. The topological polar surface area (TPSA) is 49.3 Å². The minimum Gasteiger partial charge on any atom is -0.395 e. The zero-order chi connectivity index (χ0) is 15.1. The Morgan fingerprint density at radius 2 is 2.19 bits per heavy atom. The second-order valence-corrected chi connectivity index (χ2v) is 6.05. The minimum atomic E-state index is -0.422. The Balaban J connectivity index is 2.13. The van der Waals surface area contributed by atoms with Crippen molar-refractivity contribution in [3.05, 3.63) is 35.1 Å². The summed E-state index contributed by atoms with van der Waals surface area (Å²) in [6, 6.07) is 4.17. The number of thioether (sulfide) groups is 1. The summed E-state index contributed by atoms with van der Waals surface area (Å²) in [6.45, 7) is -0.0520. The molecule has 1 aromatic rings. The van der Waals surface area contributed by atoms with Crippen molar-refractivity contribution in [2.45, 2.75) is 25.3 Å². The fourth-order valence-electron chi connectivity index (χ4n) is 2.14. The van der Waals surface area contributed by atoms with Crippen molar-refractivity contribution in [1.82, 2.24) is 5.32 Å². The summed E-state index contributed by atoms with van der Waals surface area (Å²) in [4.78, 5) is 12.3. The molecule has 2 rings (SSSR count). The van der Waals surface area contributed by atoms with Crippen LogP contribution in [-0.2, 0) is 0 Å². The summed E-state index contributed by atoms with van der Waals surface area (Å²) in [5.74, 6) is 6.96. The van der Waals surface area contributed by atoms with Gasteiger partial charge in [-0.3, -0.25) is 4.79 Å². The van der Waals surface area contributed by atoms with Crippen LogP contribution in [-0.4, -0.2) is 35.2 Å². The molecule has 5 heteroatoms. The summed E-state index contributed by atoms with van der Waals surface area (Å²) >= 11 is 1.89. The molecule has 1 amide bonds. The van der Waals surface area contributed by atoms with E-state index in [1.807, 2.05) is 11.8 Å². The number of hydrogen-bond donors (Lipinski definition) is 2. The summed E-state index contributed by atoms with van der Waals surface area (Å²) in [5, 5.41) is 11.7. The molecule has 1 aliphatic rings. The highest BCUT2D eigenvalue weighted by Gasteiger charge is 2.18. The van der Waals surface area contributed by atoms with Gasteiger partial charge >= 0.3 is 0 Å². The zero-order valence-electron chi connectivity index (χ0n) is 11.7. The average molecular weight is 307 g/mol. The molecule has 1 heterocycles. The highest BCUT2D eigenvalue weighted by atomic mass is 32.2. The molecule has 112 valence electrons. The number of nitrogens with one attached hydrogen (secondary N) is 1. The number of halogens is 1. The molecular weight excluding hydrogens is 289 g/mol. The second-order valence-electron chi connectivity index (χ2n) is 4.83. The number of carbonyl (C=O) groups excluding carboxylic acids is 1. The van der Waals surface area contributed by atoms with Gasteiger partial charge in [-0.05, 0) is 42.5 Å². The van der Waals surface area contributed by atoms with Crippen LogP contribution in [0, 0.1) is 17.7 Å². The third kappa shape index (κ3) is 4.76. The lowest BCUT2D eigenvalue weighted by molar-refractivity contribution is 0.0934. The van der Waals surface area contributed by atoms with E-state index in [1.54, 1.807) is 0 Å². The normalized spacial score (nSPS) is 15.1. The molecule has 1 fully saturated rings. The van der Waals surface area contributed by atoms with Crippen LogP contribution in [0.15, 0.2) is 18.2 Å². The van der Waals surface area contributed by atoms with Crippen molar-refractivity contribution < 1.29 is 14.3 Å². The Hall–Kier alpha value is -1.51. The van der Waals surface area contributed by atoms with Gasteiger partial charge in [-0.25, -0.2) is 4.39 Å². The Morgan fingerprint density at radius 3 is 2.90 bits per heavy atom. The van der Waals surface area contributed by atoms with Crippen molar-refractivity contribution in [2.75, 3.05) is 18.1 Å². The van der Waals surface area contributed by atoms with Gasteiger partial charge in [-0.15, -0.1) is 0 Å². The smallest absolute Gasteiger partial charge is 0.252 e. The second kappa shape index (κ2) is 8.06. The van der Waals surface area contributed by atoms with Gasteiger partial charge in [-0.2, -0.15) is 11.8 Å². The average Bonchev–Trinajstić information content (AvgIpc) is 2.48. The van der Waals surface area contributed by atoms with Crippen LogP contribution in [0.4, 0.5) is 4.39 Å². The van der Waals surface area contributed by atoms with Crippen LogP contribution in [0.1, 0.15) is 35.2 Å². The summed E-state index contributed by atoms with van der Waals surface area (Å²) < 4.78 is 13.3. The van der Waals surface area contributed by atoms with Crippen LogP contribution in [0.3, 0.4) is 0 Å². The zero-order valence-corrected chi connectivity index (χ0v) is 12.5. The SMILES string of the molecule is O=C(NC1CCSCC1)c1ccc(F)cc1C#CCCO. The van der Waals surface area contributed by atoms with Crippen LogP contribution in [0.5, 0.6) is 0 Å². The lowest BCUT2D eigenvalue weighted by Crippen LogP contribution is -2.37. The molecule has 21 heavy (non-hydrogen) atoms. The first-order valence-electron chi connectivity index (χ1n) is 6.98. The first kappa shape index (κ1) is 15.9. The number of rotatable bonds is 3. The van der Waals surface area contributed by atoms with Gasteiger partial charge in [0, 0.05) is 18.0 Å². The number of benzene rings is 1. The Labute approximate surface area is 128 Å². The van der Waals surface area contributed by atoms with E-state index in [4.69, 9.17) is 5.11 Å². The molecule has 0 spiro atoms. The van der Waals surface area contributed by atoms with E-state index in [0.29, 0.717) is 17.5 Å². The Morgan fingerprint density at radius 1 is 1.43 bits per heavy atom. The Kier molecular flexibility index (Phi) is 6.09. The first-order chi connectivity index (χ1) is 10.2. The molecule has 0 bridgehead atoms. The maximum atomic E-state index is 13.3. The monoisotopic (exact) mass is 307 g/mol. The summed E-state index contributed by atoms with van der Waals surface area (Å²) in [6.07, 6.45) is 2.23. The number of amides is 1. The maximum Gasteiger partial charge on any atom is 0.252 e. The van der Waals surface area contributed by atoms with E-state index < -0.39 is 5.82 Å². The van der Waals surface area contributed by atoms with Crippen LogP contribution >= 0.6 is 11.8 Å². The van der Waals surface area contributed by atoms with Crippen molar-refractivity contribution in [1.29, 1.82) is 0 Å². The van der Waals surface area contributed by atoms with Gasteiger partial charge in [0.1, 0.15) is 5.82 Å². The number of aliphatic hydroxyl groups excluding tert-OH is 1. The van der Waals surface area contributed by atoms with E-state index in [9.17, 15) is 9.18 Å². The predicted molar refractivity (Wildman–Crippen MR) is 82.8 cm³/mol. The fourth-order valence-corrected chi connectivity index (χ4v) is 3.24. The molecule has 0 saturated carbocycles. The van der Waals surface area contributed by atoms with E-state index in [1.165, 1.54) is 18.2 Å². The summed E-state index contributed by atoms with van der Waals surface area (Å²) in [5.41, 5.74) is 0.756. The van der Waals surface area contributed by atoms with Crippen molar-refractivity contribution in [2.24, 2.45) is 0 Å². The van der Waals surface area contributed by atoms with Crippen LogP contribution in [0.25, 0.3) is 0 Å². The maximum absolute atomic E-state index is 13.3. The van der Waals surface area contributed by atoms with Crippen LogP contribution < -0.4 is 5.32 Å². The highest BCUT2D eigenvalue weighted by molar-refractivity contribution is 7.99. The van der Waals surface area contributed by atoms with Crippen LogP contribution in [0.2, 0.25) is 0 Å². The molecule has 0 unspecified atom stereocenters. The molecule has 0 aliphatic carbocycles. The van der Waals surface area contributed by atoms with Gasteiger partial charge in [0.15, 0.2) is 0 Å². The van der Waals surface area contributed by atoms with E-state index in [0.717, 1.165) is 24.3 Å². The standard InChI is InChI=1S/C16H18FNO2S/c17-13-4-5-15(12(11-13)3-1-2-8-19)16(20)18-14-6-9-21-10-7-14/h4-5,11,14,19H,2,6-10H2,(H,18,20). The van der Waals surface area contributed by atoms with Crippen molar-refractivity contribution in [3.63, 3.8) is 0 Å². The molecule has 0 atom stereocenters. The molecule has 0 radical (unpaired) electrons. The van der Waals surface area contributed by atoms with Gasteiger partial charge in [-0.1, -0.05) is 11.8 Å². The third-order valence-corrected chi connectivity index (χ3v) is 4.29. The van der Waals surface area contributed by atoms with E-state index >= 15 is 0 Å².